The molecular formula is C13H19NO. The van der Waals surface area contributed by atoms with Crippen LogP contribution in [-0.4, -0.2) is 5.91 Å². The van der Waals surface area contributed by atoms with Gasteiger partial charge < -0.3 is 5.32 Å². The lowest BCUT2D eigenvalue weighted by Gasteiger charge is -2.06. The molecular weight excluding hydrogens is 186 g/mol. The summed E-state index contributed by atoms with van der Waals surface area (Å²) >= 11 is 0. The molecule has 2 nitrogen and oxygen atoms in total. The Hall–Kier alpha value is -1.31. The van der Waals surface area contributed by atoms with E-state index >= 15 is 0 Å². The number of hydrogen-bond acceptors (Lipinski definition) is 1. The first-order valence-electron chi connectivity index (χ1n) is 5.59. The van der Waals surface area contributed by atoms with Crippen LogP contribution in [0.25, 0.3) is 0 Å². The lowest BCUT2D eigenvalue weighted by Crippen LogP contribution is -2.03. The van der Waals surface area contributed by atoms with Crippen LogP contribution in [0.5, 0.6) is 0 Å². The maximum atomic E-state index is 11.1. The molecule has 0 saturated carbocycles. The van der Waals surface area contributed by atoms with Gasteiger partial charge in [0.2, 0.25) is 5.91 Å². The van der Waals surface area contributed by atoms with Crippen molar-refractivity contribution in [1.82, 2.24) is 0 Å². The van der Waals surface area contributed by atoms with Crippen molar-refractivity contribution in [2.75, 3.05) is 5.32 Å². The number of nitrogens with one attached hydrogen (secondary N) is 1. The molecule has 1 heterocycles. The zero-order valence-electron chi connectivity index (χ0n) is 9.92. The molecule has 0 spiro atoms. The van der Waals surface area contributed by atoms with Gasteiger partial charge in [-0.1, -0.05) is 39.8 Å². The number of carbonyl (C=O) groups excluding carboxylic acids is 1. The van der Waals surface area contributed by atoms with Crippen LogP contribution < -0.4 is 5.32 Å². The first kappa shape index (κ1) is 11.8. The van der Waals surface area contributed by atoms with Crippen LogP contribution in [0.2, 0.25) is 0 Å². The van der Waals surface area contributed by atoms with E-state index < -0.39 is 0 Å². The summed E-state index contributed by atoms with van der Waals surface area (Å²) in [6.45, 7) is 8.30. The number of benzene rings is 1. The maximum absolute atomic E-state index is 11.1. The molecule has 2 heteroatoms. The number of carbonyl (C=O) groups is 1. The number of fused-ring (bicyclic) bond motifs is 1. The molecule has 82 valence electrons. The molecule has 0 fully saturated rings. The average molecular weight is 205 g/mol. The summed E-state index contributed by atoms with van der Waals surface area (Å²) in [4.78, 5) is 11.1. The molecule has 2 rings (SSSR count). The fraction of sp³-hybridized carbons (Fsp3) is 0.462. The predicted molar refractivity (Wildman–Crippen MR) is 64.2 cm³/mol. The van der Waals surface area contributed by atoms with Gasteiger partial charge in [0.1, 0.15) is 0 Å². The number of anilines is 1. The lowest BCUT2D eigenvalue weighted by molar-refractivity contribution is -0.115. The number of hydrogen-bond donors (Lipinski definition) is 1. The first-order chi connectivity index (χ1) is 7.16. The van der Waals surface area contributed by atoms with Gasteiger partial charge in [0.05, 0.1) is 6.42 Å². The van der Waals surface area contributed by atoms with Crippen LogP contribution in [0, 0.1) is 0 Å². The third kappa shape index (κ3) is 2.58. The van der Waals surface area contributed by atoms with E-state index in [1.54, 1.807) is 0 Å². The molecule has 0 bridgehead atoms. The Morgan fingerprint density at radius 2 is 1.93 bits per heavy atom. The van der Waals surface area contributed by atoms with E-state index in [-0.39, 0.29) is 5.91 Å². The van der Waals surface area contributed by atoms with Crippen molar-refractivity contribution in [3.63, 3.8) is 0 Å². The van der Waals surface area contributed by atoms with E-state index in [9.17, 15) is 4.79 Å². The standard InChI is InChI=1S/C11H13NO.C2H6/c1-7(2)8-3-4-9-6-11(13)12-10(9)5-8;1-2/h3-5,7H,6H2,1-2H3,(H,12,13);1-2H3. The van der Waals surface area contributed by atoms with Crippen LogP contribution in [0.15, 0.2) is 18.2 Å². The Morgan fingerprint density at radius 3 is 2.53 bits per heavy atom. The monoisotopic (exact) mass is 205 g/mol. The number of rotatable bonds is 1. The molecule has 1 aliphatic rings. The Kier molecular flexibility index (Phi) is 3.89. The lowest BCUT2D eigenvalue weighted by atomic mass is 10.0. The fourth-order valence-corrected chi connectivity index (χ4v) is 1.59. The molecule has 0 unspecified atom stereocenters. The second-order valence-corrected chi connectivity index (χ2v) is 3.80. The van der Waals surface area contributed by atoms with Gasteiger partial charge >= 0.3 is 0 Å². The molecule has 1 aromatic carbocycles. The van der Waals surface area contributed by atoms with Crippen LogP contribution in [0.4, 0.5) is 5.69 Å². The highest BCUT2D eigenvalue weighted by atomic mass is 16.1. The van der Waals surface area contributed by atoms with Gasteiger partial charge in [-0.2, -0.15) is 0 Å². The summed E-state index contributed by atoms with van der Waals surface area (Å²) in [7, 11) is 0. The molecule has 1 N–H and O–H groups in total. The summed E-state index contributed by atoms with van der Waals surface area (Å²) in [5.74, 6) is 0.624. The van der Waals surface area contributed by atoms with Gasteiger partial charge in [0.25, 0.3) is 0 Å². The smallest absolute Gasteiger partial charge is 0.228 e. The summed E-state index contributed by atoms with van der Waals surface area (Å²) in [6.07, 6.45) is 0.535. The van der Waals surface area contributed by atoms with Gasteiger partial charge in [0.15, 0.2) is 0 Å². The Balaban J connectivity index is 0.000000531. The number of amides is 1. The van der Waals surface area contributed by atoms with Crippen LogP contribution >= 0.6 is 0 Å². The summed E-state index contributed by atoms with van der Waals surface area (Å²) in [5.41, 5.74) is 3.39. The second kappa shape index (κ2) is 4.96. The van der Waals surface area contributed by atoms with E-state index in [2.05, 4.69) is 31.3 Å². The Labute approximate surface area is 91.7 Å². The Bertz CT molecular complexity index is 356. The van der Waals surface area contributed by atoms with Gasteiger partial charge in [0, 0.05) is 5.69 Å². The normalized spacial score (nSPS) is 13.0. The highest BCUT2D eigenvalue weighted by Crippen LogP contribution is 2.26. The largest absolute Gasteiger partial charge is 0.326 e. The molecule has 15 heavy (non-hydrogen) atoms. The predicted octanol–water partition coefficient (Wildman–Crippen LogP) is 3.33. The third-order valence-corrected chi connectivity index (χ3v) is 2.43. The molecule has 0 atom stereocenters. The molecule has 0 aromatic heterocycles. The Morgan fingerprint density at radius 1 is 1.27 bits per heavy atom. The van der Waals surface area contributed by atoms with Crippen molar-refractivity contribution in [3.8, 4) is 0 Å². The highest BCUT2D eigenvalue weighted by molar-refractivity contribution is 5.99. The van der Waals surface area contributed by atoms with Crippen molar-refractivity contribution in [2.45, 2.75) is 40.0 Å². The average Bonchev–Trinajstić information content (AvgIpc) is 2.59. The van der Waals surface area contributed by atoms with Crippen molar-refractivity contribution < 1.29 is 4.79 Å². The van der Waals surface area contributed by atoms with E-state index in [4.69, 9.17) is 0 Å². The zero-order chi connectivity index (χ0) is 11.4. The van der Waals surface area contributed by atoms with Crippen molar-refractivity contribution in [3.05, 3.63) is 29.3 Å². The first-order valence-corrected chi connectivity index (χ1v) is 5.59. The van der Waals surface area contributed by atoms with Crippen molar-refractivity contribution in [2.24, 2.45) is 0 Å². The van der Waals surface area contributed by atoms with Crippen molar-refractivity contribution >= 4 is 11.6 Å². The third-order valence-electron chi connectivity index (χ3n) is 2.43. The van der Waals surface area contributed by atoms with Crippen molar-refractivity contribution in [1.29, 1.82) is 0 Å². The molecule has 0 aliphatic carbocycles. The molecule has 1 aliphatic heterocycles. The van der Waals surface area contributed by atoms with Gasteiger partial charge in [-0.15, -0.1) is 0 Å². The van der Waals surface area contributed by atoms with Crippen LogP contribution in [-0.2, 0) is 11.2 Å². The van der Waals surface area contributed by atoms with E-state index in [1.807, 2.05) is 19.9 Å². The minimum absolute atomic E-state index is 0.107. The topological polar surface area (TPSA) is 29.1 Å². The summed E-state index contributed by atoms with van der Waals surface area (Å²) < 4.78 is 0. The molecule has 0 radical (unpaired) electrons. The van der Waals surface area contributed by atoms with E-state index in [1.165, 1.54) is 5.56 Å². The molecule has 1 aromatic rings. The minimum atomic E-state index is 0.107. The summed E-state index contributed by atoms with van der Waals surface area (Å²) in [6, 6.07) is 6.22. The molecule has 0 saturated heterocycles. The zero-order valence-corrected chi connectivity index (χ0v) is 9.92. The maximum Gasteiger partial charge on any atom is 0.228 e. The van der Waals surface area contributed by atoms with Gasteiger partial charge in [-0.05, 0) is 23.1 Å². The van der Waals surface area contributed by atoms with E-state index in [0.717, 1.165) is 11.3 Å². The van der Waals surface area contributed by atoms with Crippen LogP contribution in [0.3, 0.4) is 0 Å². The summed E-state index contributed by atoms with van der Waals surface area (Å²) in [5, 5.41) is 2.85. The van der Waals surface area contributed by atoms with E-state index in [0.29, 0.717) is 12.3 Å². The SMILES string of the molecule is CC.CC(C)c1ccc2c(c1)NC(=O)C2. The minimum Gasteiger partial charge on any atom is -0.326 e. The van der Waals surface area contributed by atoms with Gasteiger partial charge in [-0.25, -0.2) is 0 Å². The highest BCUT2D eigenvalue weighted by Gasteiger charge is 2.17. The fourth-order valence-electron chi connectivity index (χ4n) is 1.59. The quantitative estimate of drug-likeness (QED) is 0.748. The van der Waals surface area contributed by atoms with Gasteiger partial charge in [-0.3, -0.25) is 4.79 Å². The van der Waals surface area contributed by atoms with Crippen LogP contribution in [0.1, 0.15) is 44.7 Å². The molecule has 1 amide bonds. The second-order valence-electron chi connectivity index (χ2n) is 3.80.